The number of aromatic nitrogens is 3. The Labute approximate surface area is 119 Å². The van der Waals surface area contributed by atoms with E-state index < -0.39 is 5.97 Å². The first kappa shape index (κ1) is 12.9. The number of pyridine rings is 1. The van der Waals surface area contributed by atoms with Crippen molar-refractivity contribution in [1.29, 1.82) is 0 Å². The lowest BCUT2D eigenvalue weighted by Gasteiger charge is -1.99. The van der Waals surface area contributed by atoms with Crippen LogP contribution in [0.3, 0.4) is 0 Å². The fraction of sp³-hybridized carbons (Fsp3) is 0.0714. The number of amides is 1. The van der Waals surface area contributed by atoms with E-state index in [0.29, 0.717) is 11.4 Å². The van der Waals surface area contributed by atoms with Crippen molar-refractivity contribution in [2.45, 2.75) is 6.54 Å². The molecule has 7 nitrogen and oxygen atoms in total. The van der Waals surface area contributed by atoms with Crippen molar-refractivity contribution in [3.8, 4) is 0 Å². The van der Waals surface area contributed by atoms with Gasteiger partial charge in [-0.2, -0.15) is 5.10 Å². The summed E-state index contributed by atoms with van der Waals surface area (Å²) in [6.45, 7) is -0.244. The Bertz CT molecular complexity index is 785. The van der Waals surface area contributed by atoms with E-state index in [-0.39, 0.29) is 12.5 Å². The fourth-order valence-corrected chi connectivity index (χ4v) is 2.02. The molecule has 2 N–H and O–H groups in total. The number of carboxylic acids is 1. The Kier molecular flexibility index (Phi) is 3.15. The number of anilines is 1. The van der Waals surface area contributed by atoms with Crippen molar-refractivity contribution in [3.05, 3.63) is 54.5 Å². The SMILES string of the molecule is O=C(O)Cn1ccc(NC(=O)c2cc3ccccn3c2)n1. The van der Waals surface area contributed by atoms with Crippen LogP contribution >= 0.6 is 0 Å². The highest BCUT2D eigenvalue weighted by Crippen LogP contribution is 2.12. The molecule has 3 aromatic rings. The van der Waals surface area contributed by atoms with Gasteiger partial charge in [-0.3, -0.25) is 14.3 Å². The predicted octanol–water partition coefficient (Wildman–Crippen LogP) is 1.47. The fourth-order valence-electron chi connectivity index (χ4n) is 2.02. The zero-order valence-corrected chi connectivity index (χ0v) is 10.9. The van der Waals surface area contributed by atoms with Gasteiger partial charge in [0.2, 0.25) is 0 Å². The monoisotopic (exact) mass is 284 g/mol. The second-order valence-electron chi connectivity index (χ2n) is 4.51. The topological polar surface area (TPSA) is 88.6 Å². The number of hydrogen-bond donors (Lipinski definition) is 2. The van der Waals surface area contributed by atoms with E-state index in [1.54, 1.807) is 18.3 Å². The molecule has 0 saturated carbocycles. The third-order valence-corrected chi connectivity index (χ3v) is 2.95. The van der Waals surface area contributed by atoms with Crippen LogP contribution in [0.1, 0.15) is 10.4 Å². The molecule has 21 heavy (non-hydrogen) atoms. The van der Waals surface area contributed by atoms with Gasteiger partial charge >= 0.3 is 5.97 Å². The second kappa shape index (κ2) is 5.12. The van der Waals surface area contributed by atoms with Crippen LogP contribution in [0.15, 0.2) is 48.9 Å². The molecule has 0 aromatic carbocycles. The first-order valence-corrected chi connectivity index (χ1v) is 6.25. The van der Waals surface area contributed by atoms with Gasteiger partial charge in [0, 0.05) is 30.2 Å². The maximum Gasteiger partial charge on any atom is 0.325 e. The molecule has 0 aliphatic heterocycles. The lowest BCUT2D eigenvalue weighted by molar-refractivity contribution is -0.137. The lowest BCUT2D eigenvalue weighted by atomic mass is 10.3. The van der Waals surface area contributed by atoms with E-state index in [1.165, 1.54) is 10.9 Å². The molecule has 0 bridgehead atoms. The van der Waals surface area contributed by atoms with Crippen LogP contribution in [0.2, 0.25) is 0 Å². The molecule has 0 saturated heterocycles. The number of rotatable bonds is 4. The van der Waals surface area contributed by atoms with Gasteiger partial charge in [-0.15, -0.1) is 0 Å². The van der Waals surface area contributed by atoms with Crippen LogP contribution in [0.4, 0.5) is 5.82 Å². The molecule has 0 atom stereocenters. The van der Waals surface area contributed by atoms with Crippen LogP contribution in [0.25, 0.3) is 5.52 Å². The van der Waals surface area contributed by atoms with Crippen LogP contribution in [-0.2, 0) is 11.3 Å². The summed E-state index contributed by atoms with van der Waals surface area (Å²) in [5, 5.41) is 15.3. The normalized spacial score (nSPS) is 10.7. The van der Waals surface area contributed by atoms with Crippen molar-refractivity contribution < 1.29 is 14.7 Å². The van der Waals surface area contributed by atoms with Crippen LogP contribution in [0, 0.1) is 0 Å². The number of hydrogen-bond acceptors (Lipinski definition) is 3. The summed E-state index contributed by atoms with van der Waals surface area (Å²) >= 11 is 0. The van der Waals surface area contributed by atoms with Gasteiger partial charge in [0.05, 0.1) is 5.56 Å². The third kappa shape index (κ3) is 2.76. The van der Waals surface area contributed by atoms with Crippen molar-refractivity contribution in [2.24, 2.45) is 0 Å². The summed E-state index contributed by atoms with van der Waals surface area (Å²) in [6, 6.07) is 8.99. The van der Waals surface area contributed by atoms with Gasteiger partial charge in [0.25, 0.3) is 5.91 Å². The van der Waals surface area contributed by atoms with Gasteiger partial charge < -0.3 is 14.8 Å². The average Bonchev–Trinajstić information content (AvgIpc) is 3.04. The number of carbonyl (C=O) groups is 2. The Balaban J connectivity index is 1.76. The summed E-state index contributed by atoms with van der Waals surface area (Å²) in [4.78, 5) is 22.7. The quantitative estimate of drug-likeness (QED) is 0.759. The highest BCUT2D eigenvalue weighted by Gasteiger charge is 2.11. The molecule has 3 heterocycles. The van der Waals surface area contributed by atoms with E-state index in [1.807, 2.05) is 28.8 Å². The molecule has 0 aliphatic carbocycles. The van der Waals surface area contributed by atoms with E-state index in [4.69, 9.17) is 5.11 Å². The summed E-state index contributed by atoms with van der Waals surface area (Å²) in [5.41, 5.74) is 1.42. The lowest BCUT2D eigenvalue weighted by Crippen LogP contribution is -2.13. The molecule has 0 radical (unpaired) electrons. The van der Waals surface area contributed by atoms with E-state index >= 15 is 0 Å². The molecular formula is C14H12N4O3. The van der Waals surface area contributed by atoms with Crippen LogP contribution < -0.4 is 5.32 Å². The Morgan fingerprint density at radius 1 is 1.24 bits per heavy atom. The molecule has 3 rings (SSSR count). The zero-order chi connectivity index (χ0) is 14.8. The summed E-state index contributed by atoms with van der Waals surface area (Å²) < 4.78 is 3.09. The maximum atomic E-state index is 12.1. The minimum absolute atomic E-state index is 0.244. The molecule has 1 amide bonds. The number of nitrogens with one attached hydrogen (secondary N) is 1. The Morgan fingerprint density at radius 3 is 2.86 bits per heavy atom. The van der Waals surface area contributed by atoms with Crippen molar-refractivity contribution in [1.82, 2.24) is 14.2 Å². The van der Waals surface area contributed by atoms with Gasteiger partial charge in [-0.25, -0.2) is 0 Å². The first-order valence-electron chi connectivity index (χ1n) is 6.25. The largest absolute Gasteiger partial charge is 0.480 e. The number of carboxylic acid groups (broad SMARTS) is 1. The molecule has 106 valence electrons. The highest BCUT2D eigenvalue weighted by molar-refractivity contribution is 6.04. The van der Waals surface area contributed by atoms with Crippen molar-refractivity contribution >= 4 is 23.2 Å². The summed E-state index contributed by atoms with van der Waals surface area (Å²) in [5.74, 6) is -0.967. The number of fused-ring (bicyclic) bond motifs is 1. The standard InChI is InChI=1S/C14H12N4O3/c19-13(20)9-18-6-4-12(16-18)15-14(21)10-7-11-3-1-2-5-17(11)8-10/h1-8H,9H2,(H,19,20)(H,15,16,21). The molecule has 0 aliphatic rings. The number of aliphatic carboxylic acids is 1. The van der Waals surface area contributed by atoms with Crippen LogP contribution in [0.5, 0.6) is 0 Å². The van der Waals surface area contributed by atoms with Gasteiger partial charge in [0.1, 0.15) is 6.54 Å². The minimum atomic E-state index is -0.991. The molecule has 7 heteroatoms. The van der Waals surface area contributed by atoms with E-state index in [2.05, 4.69) is 10.4 Å². The zero-order valence-electron chi connectivity index (χ0n) is 10.9. The molecule has 0 spiro atoms. The maximum absolute atomic E-state index is 12.1. The van der Waals surface area contributed by atoms with E-state index in [9.17, 15) is 9.59 Å². The average molecular weight is 284 g/mol. The molecule has 0 unspecified atom stereocenters. The first-order chi connectivity index (χ1) is 10.1. The van der Waals surface area contributed by atoms with E-state index in [0.717, 1.165) is 5.52 Å². The molecule has 0 fully saturated rings. The molecular weight excluding hydrogens is 272 g/mol. The van der Waals surface area contributed by atoms with Crippen LogP contribution in [-0.4, -0.2) is 31.2 Å². The smallest absolute Gasteiger partial charge is 0.325 e. The number of carbonyl (C=O) groups excluding carboxylic acids is 1. The van der Waals surface area contributed by atoms with Crippen molar-refractivity contribution in [2.75, 3.05) is 5.32 Å². The predicted molar refractivity (Wildman–Crippen MR) is 75.2 cm³/mol. The minimum Gasteiger partial charge on any atom is -0.480 e. The van der Waals surface area contributed by atoms with Gasteiger partial charge in [0.15, 0.2) is 5.82 Å². The van der Waals surface area contributed by atoms with Crippen molar-refractivity contribution in [3.63, 3.8) is 0 Å². The third-order valence-electron chi connectivity index (χ3n) is 2.95. The Morgan fingerprint density at radius 2 is 2.10 bits per heavy atom. The number of nitrogens with zero attached hydrogens (tertiary/aromatic N) is 3. The van der Waals surface area contributed by atoms with Gasteiger partial charge in [-0.1, -0.05) is 6.07 Å². The summed E-state index contributed by atoms with van der Waals surface area (Å²) in [6.07, 6.45) is 5.08. The van der Waals surface area contributed by atoms with Gasteiger partial charge in [-0.05, 0) is 18.2 Å². The molecule has 3 aromatic heterocycles. The Hall–Kier alpha value is -3.09. The highest BCUT2D eigenvalue weighted by atomic mass is 16.4. The summed E-state index contributed by atoms with van der Waals surface area (Å²) in [7, 11) is 0. The second-order valence-corrected chi connectivity index (χ2v) is 4.51.